The van der Waals surface area contributed by atoms with E-state index in [9.17, 15) is 0 Å². The van der Waals surface area contributed by atoms with E-state index < -0.39 is 0 Å². The molecule has 0 aromatic carbocycles. The van der Waals surface area contributed by atoms with Gasteiger partial charge in [0.15, 0.2) is 0 Å². The first-order chi connectivity index (χ1) is 8.72. The molecule has 1 aromatic heterocycles. The maximum Gasteiger partial charge on any atom is 0.137 e. The van der Waals surface area contributed by atoms with Crippen LogP contribution in [0.4, 0.5) is 0 Å². The SMILES string of the molecule is CC(C)CCOCCOc1ccc(CCN)nc1. The van der Waals surface area contributed by atoms with Gasteiger partial charge in [-0.05, 0) is 31.0 Å². The third-order valence-corrected chi connectivity index (χ3v) is 2.53. The summed E-state index contributed by atoms with van der Waals surface area (Å²) in [5, 5.41) is 0. The van der Waals surface area contributed by atoms with Crippen LogP contribution in [-0.4, -0.2) is 31.3 Å². The molecule has 2 N–H and O–H groups in total. The van der Waals surface area contributed by atoms with Crippen LogP contribution < -0.4 is 10.5 Å². The van der Waals surface area contributed by atoms with Gasteiger partial charge in [-0.15, -0.1) is 0 Å². The largest absolute Gasteiger partial charge is 0.490 e. The van der Waals surface area contributed by atoms with E-state index in [4.69, 9.17) is 15.2 Å². The van der Waals surface area contributed by atoms with Crippen molar-refractivity contribution in [2.45, 2.75) is 26.7 Å². The molecule has 0 aliphatic rings. The van der Waals surface area contributed by atoms with Crippen molar-refractivity contribution in [3.63, 3.8) is 0 Å². The Morgan fingerprint density at radius 3 is 2.67 bits per heavy atom. The van der Waals surface area contributed by atoms with Gasteiger partial charge in [0.05, 0.1) is 12.8 Å². The minimum Gasteiger partial charge on any atom is -0.490 e. The van der Waals surface area contributed by atoms with Crippen LogP contribution in [0.5, 0.6) is 5.75 Å². The zero-order chi connectivity index (χ0) is 13.2. The highest BCUT2D eigenvalue weighted by Gasteiger charge is 1.97. The van der Waals surface area contributed by atoms with E-state index in [1.54, 1.807) is 6.20 Å². The maximum absolute atomic E-state index is 5.53. The van der Waals surface area contributed by atoms with Crippen molar-refractivity contribution in [2.24, 2.45) is 11.7 Å². The molecule has 0 unspecified atom stereocenters. The van der Waals surface area contributed by atoms with Gasteiger partial charge in [-0.25, -0.2) is 0 Å². The highest BCUT2D eigenvalue weighted by molar-refractivity contribution is 5.19. The molecule has 0 aliphatic heterocycles. The number of hydrogen-bond acceptors (Lipinski definition) is 4. The zero-order valence-electron chi connectivity index (χ0n) is 11.4. The molecule has 0 bridgehead atoms. The van der Waals surface area contributed by atoms with Crippen molar-refractivity contribution < 1.29 is 9.47 Å². The average molecular weight is 252 g/mol. The Morgan fingerprint density at radius 1 is 1.22 bits per heavy atom. The molecule has 1 rings (SSSR count). The second-order valence-corrected chi connectivity index (χ2v) is 4.67. The van der Waals surface area contributed by atoms with Crippen LogP contribution in [0.3, 0.4) is 0 Å². The molecule has 0 amide bonds. The molecule has 0 aliphatic carbocycles. The van der Waals surface area contributed by atoms with E-state index in [0.717, 1.165) is 30.9 Å². The lowest BCUT2D eigenvalue weighted by molar-refractivity contribution is 0.0924. The number of hydrogen-bond donors (Lipinski definition) is 1. The van der Waals surface area contributed by atoms with E-state index in [2.05, 4.69) is 18.8 Å². The number of pyridine rings is 1. The predicted octanol–water partition coefficient (Wildman–Crippen LogP) is 2.02. The van der Waals surface area contributed by atoms with Gasteiger partial charge < -0.3 is 15.2 Å². The molecule has 0 atom stereocenters. The first kappa shape index (κ1) is 14.9. The van der Waals surface area contributed by atoms with Gasteiger partial charge in [0.1, 0.15) is 12.4 Å². The molecular formula is C14H24N2O2. The first-order valence-electron chi connectivity index (χ1n) is 6.58. The minimum absolute atomic E-state index is 0.565. The fraction of sp³-hybridized carbons (Fsp3) is 0.643. The van der Waals surface area contributed by atoms with E-state index in [0.29, 0.717) is 25.7 Å². The molecule has 0 spiro atoms. The summed E-state index contributed by atoms with van der Waals surface area (Å²) in [7, 11) is 0. The van der Waals surface area contributed by atoms with Crippen molar-refractivity contribution in [3.05, 3.63) is 24.0 Å². The van der Waals surface area contributed by atoms with Crippen molar-refractivity contribution in [1.82, 2.24) is 4.98 Å². The van der Waals surface area contributed by atoms with E-state index in [-0.39, 0.29) is 0 Å². The monoisotopic (exact) mass is 252 g/mol. The lowest BCUT2D eigenvalue weighted by atomic mass is 10.1. The third-order valence-electron chi connectivity index (χ3n) is 2.53. The molecule has 4 nitrogen and oxygen atoms in total. The normalized spacial score (nSPS) is 10.9. The fourth-order valence-electron chi connectivity index (χ4n) is 1.43. The van der Waals surface area contributed by atoms with Gasteiger partial charge in [-0.3, -0.25) is 4.98 Å². The van der Waals surface area contributed by atoms with Gasteiger partial charge in [0.2, 0.25) is 0 Å². The van der Waals surface area contributed by atoms with Gasteiger partial charge in [0.25, 0.3) is 0 Å². The van der Waals surface area contributed by atoms with E-state index >= 15 is 0 Å². The van der Waals surface area contributed by atoms with Crippen molar-refractivity contribution in [1.29, 1.82) is 0 Å². The predicted molar refractivity (Wildman–Crippen MR) is 72.8 cm³/mol. The fourth-order valence-corrected chi connectivity index (χ4v) is 1.43. The smallest absolute Gasteiger partial charge is 0.137 e. The topological polar surface area (TPSA) is 57.4 Å². The third kappa shape index (κ3) is 6.57. The molecule has 102 valence electrons. The number of ether oxygens (including phenoxy) is 2. The van der Waals surface area contributed by atoms with Gasteiger partial charge >= 0.3 is 0 Å². The van der Waals surface area contributed by atoms with E-state index in [1.165, 1.54) is 0 Å². The summed E-state index contributed by atoms with van der Waals surface area (Å²) in [4.78, 5) is 4.26. The van der Waals surface area contributed by atoms with Crippen LogP contribution in [0.15, 0.2) is 18.3 Å². The summed E-state index contributed by atoms with van der Waals surface area (Å²) >= 11 is 0. The molecule has 18 heavy (non-hydrogen) atoms. The Morgan fingerprint density at radius 2 is 2.06 bits per heavy atom. The molecular weight excluding hydrogens is 228 g/mol. The highest BCUT2D eigenvalue weighted by Crippen LogP contribution is 2.09. The molecule has 4 heteroatoms. The number of rotatable bonds is 9. The molecule has 1 heterocycles. The van der Waals surface area contributed by atoms with Crippen LogP contribution in [0.25, 0.3) is 0 Å². The standard InChI is InChI=1S/C14H24N2O2/c1-12(2)6-8-17-9-10-18-14-4-3-13(5-7-15)16-11-14/h3-4,11-12H,5-10,15H2,1-2H3. The second-order valence-electron chi connectivity index (χ2n) is 4.67. The van der Waals surface area contributed by atoms with Crippen LogP contribution in [0.2, 0.25) is 0 Å². The zero-order valence-corrected chi connectivity index (χ0v) is 11.4. The second kappa shape index (κ2) is 8.89. The number of nitrogens with two attached hydrogens (primary N) is 1. The summed E-state index contributed by atoms with van der Waals surface area (Å²) in [6, 6.07) is 3.87. The summed E-state index contributed by atoms with van der Waals surface area (Å²) in [5.74, 6) is 1.47. The highest BCUT2D eigenvalue weighted by atomic mass is 16.5. The Balaban J connectivity index is 2.11. The summed E-state index contributed by atoms with van der Waals surface area (Å²) in [5.41, 5.74) is 6.46. The first-order valence-corrected chi connectivity index (χ1v) is 6.58. The summed E-state index contributed by atoms with van der Waals surface area (Å²) in [6.45, 7) is 6.99. The van der Waals surface area contributed by atoms with Crippen LogP contribution in [0.1, 0.15) is 26.0 Å². The lowest BCUT2D eigenvalue weighted by Gasteiger charge is -2.08. The minimum atomic E-state index is 0.565. The summed E-state index contributed by atoms with van der Waals surface area (Å²) < 4.78 is 11.0. The van der Waals surface area contributed by atoms with Crippen LogP contribution in [0, 0.1) is 5.92 Å². The molecule has 0 saturated carbocycles. The molecule has 0 radical (unpaired) electrons. The Labute approximate surface area is 110 Å². The molecule has 1 aromatic rings. The van der Waals surface area contributed by atoms with Crippen molar-refractivity contribution in [2.75, 3.05) is 26.4 Å². The van der Waals surface area contributed by atoms with Gasteiger partial charge in [0, 0.05) is 18.7 Å². The van der Waals surface area contributed by atoms with E-state index in [1.807, 2.05) is 12.1 Å². The molecule has 0 saturated heterocycles. The van der Waals surface area contributed by atoms with Crippen molar-refractivity contribution in [3.8, 4) is 5.75 Å². The molecule has 0 fully saturated rings. The van der Waals surface area contributed by atoms with Gasteiger partial charge in [-0.2, -0.15) is 0 Å². The maximum atomic E-state index is 5.53. The van der Waals surface area contributed by atoms with Crippen LogP contribution >= 0.6 is 0 Å². The van der Waals surface area contributed by atoms with Gasteiger partial charge in [-0.1, -0.05) is 13.8 Å². The van der Waals surface area contributed by atoms with Crippen molar-refractivity contribution >= 4 is 0 Å². The number of nitrogens with zero attached hydrogens (tertiary/aromatic N) is 1. The van der Waals surface area contributed by atoms with Crippen LogP contribution in [-0.2, 0) is 11.2 Å². The quantitative estimate of drug-likeness (QED) is 0.683. The number of aromatic nitrogens is 1. The average Bonchev–Trinajstić information content (AvgIpc) is 2.35. The Hall–Kier alpha value is -1.13. The lowest BCUT2D eigenvalue weighted by Crippen LogP contribution is -2.09. The Kier molecular flexibility index (Phi) is 7.37. The Bertz CT molecular complexity index is 312. The summed E-state index contributed by atoms with van der Waals surface area (Å²) in [6.07, 6.45) is 3.63.